The number of hydrogen-bond acceptors (Lipinski definition) is 3. The number of likely N-dealkylation sites (tertiary alicyclic amines) is 1. The second kappa shape index (κ2) is 7.60. The molecule has 5 nitrogen and oxygen atoms in total. The lowest BCUT2D eigenvalue weighted by Crippen LogP contribution is -2.41. The minimum absolute atomic E-state index is 0.0645. The summed E-state index contributed by atoms with van der Waals surface area (Å²) in [5.41, 5.74) is 1.02. The quantitative estimate of drug-likeness (QED) is 0.928. The lowest BCUT2D eigenvalue weighted by atomic mass is 9.95. The van der Waals surface area contributed by atoms with Crippen LogP contribution in [0.5, 0.6) is 0 Å². The summed E-state index contributed by atoms with van der Waals surface area (Å²) in [5, 5.41) is 11.9. The molecule has 0 saturated carbocycles. The average molecular weight is 299 g/mol. The van der Waals surface area contributed by atoms with Gasteiger partial charge in [-0.3, -0.25) is 9.59 Å². The van der Waals surface area contributed by atoms with Gasteiger partial charge in [-0.25, -0.2) is 0 Å². The molecule has 1 aliphatic rings. The summed E-state index contributed by atoms with van der Waals surface area (Å²) < 4.78 is 0. The molecule has 1 heterocycles. The Morgan fingerprint density at radius 1 is 1.32 bits per heavy atom. The van der Waals surface area contributed by atoms with E-state index in [1.165, 1.54) is 0 Å². The van der Waals surface area contributed by atoms with Crippen molar-refractivity contribution < 1.29 is 9.59 Å². The third-order valence-corrected chi connectivity index (χ3v) is 3.99. The number of rotatable bonds is 4. The standard InChI is InChI=1S/C17H21N3O2/c1-2-5-16(21)20-10-8-13(9-11-20)17(22)19-15-7-4-3-6-14(15)12-18/h3-4,6-7,13H,2,5,8-11H2,1H3,(H,19,22). The molecule has 5 heteroatoms. The summed E-state index contributed by atoms with van der Waals surface area (Å²) in [6.07, 6.45) is 2.78. The normalized spacial score (nSPS) is 15.2. The van der Waals surface area contributed by atoms with Crippen molar-refractivity contribution in [3.63, 3.8) is 0 Å². The zero-order chi connectivity index (χ0) is 15.9. The Kier molecular flexibility index (Phi) is 5.54. The lowest BCUT2D eigenvalue weighted by molar-refractivity contribution is -0.134. The van der Waals surface area contributed by atoms with Gasteiger partial charge in [-0.05, 0) is 31.4 Å². The first-order valence-corrected chi connectivity index (χ1v) is 7.73. The molecule has 1 aliphatic heterocycles. The van der Waals surface area contributed by atoms with Gasteiger partial charge in [0.1, 0.15) is 6.07 Å². The second-order valence-corrected chi connectivity index (χ2v) is 5.55. The van der Waals surface area contributed by atoms with Crippen molar-refractivity contribution in [2.24, 2.45) is 5.92 Å². The number of piperidine rings is 1. The van der Waals surface area contributed by atoms with Crippen molar-refractivity contribution in [2.45, 2.75) is 32.6 Å². The number of amides is 2. The van der Waals surface area contributed by atoms with E-state index in [2.05, 4.69) is 11.4 Å². The highest BCUT2D eigenvalue weighted by molar-refractivity contribution is 5.94. The van der Waals surface area contributed by atoms with E-state index >= 15 is 0 Å². The molecule has 0 unspecified atom stereocenters. The second-order valence-electron chi connectivity index (χ2n) is 5.55. The molecule has 116 valence electrons. The van der Waals surface area contributed by atoms with Gasteiger partial charge >= 0.3 is 0 Å². The molecule has 2 amide bonds. The number of nitrogens with one attached hydrogen (secondary N) is 1. The smallest absolute Gasteiger partial charge is 0.227 e. The van der Waals surface area contributed by atoms with Crippen LogP contribution in [-0.2, 0) is 9.59 Å². The zero-order valence-corrected chi connectivity index (χ0v) is 12.8. The highest BCUT2D eigenvalue weighted by Crippen LogP contribution is 2.21. The molecule has 0 bridgehead atoms. The molecule has 0 aromatic heterocycles. The fraction of sp³-hybridized carbons (Fsp3) is 0.471. The van der Waals surface area contributed by atoms with Gasteiger partial charge in [-0.2, -0.15) is 5.26 Å². The van der Waals surface area contributed by atoms with Crippen LogP contribution in [0.15, 0.2) is 24.3 Å². The van der Waals surface area contributed by atoms with Crippen LogP contribution in [0.4, 0.5) is 5.69 Å². The van der Waals surface area contributed by atoms with E-state index in [1.54, 1.807) is 24.3 Å². The molecule has 0 aliphatic carbocycles. The Morgan fingerprint density at radius 2 is 2.00 bits per heavy atom. The maximum atomic E-state index is 12.3. The SMILES string of the molecule is CCCC(=O)N1CCC(C(=O)Nc2ccccc2C#N)CC1. The van der Waals surface area contributed by atoms with Crippen LogP contribution in [0.25, 0.3) is 0 Å². The number of nitriles is 1. The van der Waals surface area contributed by atoms with Crippen molar-refractivity contribution >= 4 is 17.5 Å². The van der Waals surface area contributed by atoms with E-state index in [-0.39, 0.29) is 17.7 Å². The molecule has 1 saturated heterocycles. The third kappa shape index (κ3) is 3.85. The first-order chi connectivity index (χ1) is 10.7. The lowest BCUT2D eigenvalue weighted by Gasteiger charge is -2.31. The summed E-state index contributed by atoms with van der Waals surface area (Å²) in [4.78, 5) is 26.0. The van der Waals surface area contributed by atoms with Crippen molar-refractivity contribution in [1.29, 1.82) is 5.26 Å². The summed E-state index contributed by atoms with van der Waals surface area (Å²) in [5.74, 6) is 0.0129. The molecule has 22 heavy (non-hydrogen) atoms. The predicted octanol–water partition coefficient (Wildman–Crippen LogP) is 2.54. The maximum absolute atomic E-state index is 12.3. The average Bonchev–Trinajstić information content (AvgIpc) is 2.55. The molecule has 1 N–H and O–H groups in total. The molecular weight excluding hydrogens is 278 g/mol. The number of hydrogen-bond donors (Lipinski definition) is 1. The molecule has 0 spiro atoms. The van der Waals surface area contributed by atoms with Crippen LogP contribution in [0.3, 0.4) is 0 Å². The van der Waals surface area contributed by atoms with Crippen LogP contribution < -0.4 is 5.32 Å². The van der Waals surface area contributed by atoms with Gasteiger partial charge in [-0.15, -0.1) is 0 Å². The number of anilines is 1. The topological polar surface area (TPSA) is 73.2 Å². The van der Waals surface area contributed by atoms with Crippen molar-refractivity contribution in [2.75, 3.05) is 18.4 Å². The number of carbonyl (C=O) groups is 2. The number of para-hydroxylation sites is 1. The minimum atomic E-state index is -0.0996. The Labute approximate surface area is 130 Å². The predicted molar refractivity (Wildman–Crippen MR) is 84.0 cm³/mol. The van der Waals surface area contributed by atoms with Gasteiger partial charge in [0.2, 0.25) is 11.8 Å². The van der Waals surface area contributed by atoms with Crippen LogP contribution in [0, 0.1) is 17.2 Å². The maximum Gasteiger partial charge on any atom is 0.227 e. The van der Waals surface area contributed by atoms with Crippen LogP contribution in [0.2, 0.25) is 0 Å². The van der Waals surface area contributed by atoms with E-state index in [0.29, 0.717) is 43.6 Å². The summed E-state index contributed by atoms with van der Waals surface area (Å²) in [7, 11) is 0. The van der Waals surface area contributed by atoms with Gasteiger partial charge in [0.15, 0.2) is 0 Å². The first-order valence-electron chi connectivity index (χ1n) is 7.73. The van der Waals surface area contributed by atoms with Crippen molar-refractivity contribution in [1.82, 2.24) is 4.90 Å². The Morgan fingerprint density at radius 3 is 2.64 bits per heavy atom. The number of nitrogens with zero attached hydrogens (tertiary/aromatic N) is 2. The summed E-state index contributed by atoms with van der Waals surface area (Å²) >= 11 is 0. The largest absolute Gasteiger partial charge is 0.343 e. The number of benzene rings is 1. The Bertz CT molecular complexity index is 584. The van der Waals surface area contributed by atoms with Gasteiger partial charge in [0, 0.05) is 25.4 Å². The van der Waals surface area contributed by atoms with Gasteiger partial charge in [-0.1, -0.05) is 19.1 Å². The fourth-order valence-electron chi connectivity index (χ4n) is 2.69. The van der Waals surface area contributed by atoms with Gasteiger partial charge in [0.25, 0.3) is 0 Å². The van der Waals surface area contributed by atoms with E-state index < -0.39 is 0 Å². The first kappa shape index (κ1) is 16.0. The van der Waals surface area contributed by atoms with E-state index in [4.69, 9.17) is 5.26 Å². The van der Waals surface area contributed by atoms with Crippen molar-refractivity contribution in [3.05, 3.63) is 29.8 Å². The van der Waals surface area contributed by atoms with Crippen LogP contribution in [-0.4, -0.2) is 29.8 Å². The van der Waals surface area contributed by atoms with E-state index in [0.717, 1.165) is 6.42 Å². The van der Waals surface area contributed by atoms with E-state index in [1.807, 2.05) is 11.8 Å². The highest BCUT2D eigenvalue weighted by atomic mass is 16.2. The molecule has 1 aromatic carbocycles. The van der Waals surface area contributed by atoms with Crippen LogP contribution in [0.1, 0.15) is 38.2 Å². The molecule has 0 radical (unpaired) electrons. The van der Waals surface area contributed by atoms with Crippen molar-refractivity contribution in [3.8, 4) is 6.07 Å². The van der Waals surface area contributed by atoms with Gasteiger partial charge < -0.3 is 10.2 Å². The molecular formula is C17H21N3O2. The number of carbonyl (C=O) groups excluding carboxylic acids is 2. The fourth-order valence-corrected chi connectivity index (χ4v) is 2.69. The highest BCUT2D eigenvalue weighted by Gasteiger charge is 2.27. The minimum Gasteiger partial charge on any atom is -0.343 e. The Hall–Kier alpha value is -2.35. The molecule has 1 fully saturated rings. The molecule has 0 atom stereocenters. The van der Waals surface area contributed by atoms with Gasteiger partial charge in [0.05, 0.1) is 11.3 Å². The Balaban J connectivity index is 1.90. The molecule has 1 aromatic rings. The van der Waals surface area contributed by atoms with Crippen LogP contribution >= 0.6 is 0 Å². The summed E-state index contributed by atoms with van der Waals surface area (Å²) in [6.45, 7) is 3.26. The van der Waals surface area contributed by atoms with E-state index in [9.17, 15) is 9.59 Å². The molecule has 2 rings (SSSR count). The monoisotopic (exact) mass is 299 g/mol. The summed E-state index contributed by atoms with van der Waals surface area (Å²) in [6, 6.07) is 9.05. The zero-order valence-electron chi connectivity index (χ0n) is 12.8. The third-order valence-electron chi connectivity index (χ3n) is 3.99.